The summed E-state index contributed by atoms with van der Waals surface area (Å²) in [5.41, 5.74) is 0. The summed E-state index contributed by atoms with van der Waals surface area (Å²) in [6.45, 7) is 4.45. The van der Waals surface area contributed by atoms with E-state index in [1.165, 1.54) is 0 Å². The van der Waals surface area contributed by atoms with Crippen molar-refractivity contribution >= 4 is 5.91 Å². The molecule has 0 radical (unpaired) electrons. The zero-order valence-electron chi connectivity index (χ0n) is 7.52. The zero-order valence-corrected chi connectivity index (χ0v) is 7.52. The lowest BCUT2D eigenvalue weighted by Crippen LogP contribution is -2.31. The Morgan fingerprint density at radius 1 is 1.50 bits per heavy atom. The maximum atomic E-state index is 10.9. The highest BCUT2D eigenvalue weighted by atomic mass is 16.1. The van der Waals surface area contributed by atoms with Gasteiger partial charge in [0.2, 0.25) is 5.91 Å². The summed E-state index contributed by atoms with van der Waals surface area (Å²) < 4.78 is 0. The number of amides is 1. The second-order valence-electron chi connectivity index (χ2n) is 2.41. The van der Waals surface area contributed by atoms with Crippen LogP contribution < -0.4 is 10.6 Å². The van der Waals surface area contributed by atoms with Crippen LogP contribution in [0.4, 0.5) is 0 Å². The molecule has 0 bridgehead atoms. The van der Waals surface area contributed by atoms with Crippen molar-refractivity contribution in [3.05, 3.63) is 0 Å². The summed E-state index contributed by atoms with van der Waals surface area (Å²) in [7, 11) is 0. The first-order valence-corrected chi connectivity index (χ1v) is 4.22. The topological polar surface area (TPSA) is 41.1 Å². The number of hydrogen-bond acceptors (Lipinski definition) is 2. The van der Waals surface area contributed by atoms with Gasteiger partial charge in [0.25, 0.3) is 0 Å². The Balaban J connectivity index is 3.15. The third-order valence-electron chi connectivity index (χ3n) is 1.37. The molecule has 0 unspecified atom stereocenters. The third-order valence-corrected chi connectivity index (χ3v) is 1.37. The molecule has 0 aliphatic heterocycles. The van der Waals surface area contributed by atoms with Crippen LogP contribution in [-0.4, -0.2) is 25.5 Å². The molecule has 0 aromatic heterocycles. The van der Waals surface area contributed by atoms with Crippen molar-refractivity contribution in [1.82, 2.24) is 10.6 Å². The van der Waals surface area contributed by atoms with Gasteiger partial charge in [-0.05, 0) is 6.54 Å². The molecule has 68 valence electrons. The SMILES string of the molecule is C#CCCC(=O)NCCNCC. The Bertz CT molecular complexity index is 160. The van der Waals surface area contributed by atoms with Gasteiger partial charge >= 0.3 is 0 Å². The fraction of sp³-hybridized carbons (Fsp3) is 0.667. The highest BCUT2D eigenvalue weighted by molar-refractivity contribution is 5.76. The minimum atomic E-state index is 0.0332. The molecule has 3 heteroatoms. The van der Waals surface area contributed by atoms with Crippen LogP contribution >= 0.6 is 0 Å². The van der Waals surface area contributed by atoms with E-state index < -0.39 is 0 Å². The first-order chi connectivity index (χ1) is 5.81. The van der Waals surface area contributed by atoms with Gasteiger partial charge in [0.15, 0.2) is 0 Å². The van der Waals surface area contributed by atoms with E-state index in [0.29, 0.717) is 19.4 Å². The van der Waals surface area contributed by atoms with Crippen molar-refractivity contribution < 1.29 is 4.79 Å². The first-order valence-electron chi connectivity index (χ1n) is 4.22. The van der Waals surface area contributed by atoms with Crippen LogP contribution in [0.3, 0.4) is 0 Å². The van der Waals surface area contributed by atoms with Gasteiger partial charge in [-0.2, -0.15) is 0 Å². The minimum Gasteiger partial charge on any atom is -0.355 e. The molecule has 0 rings (SSSR count). The smallest absolute Gasteiger partial charge is 0.220 e. The lowest BCUT2D eigenvalue weighted by molar-refractivity contribution is -0.120. The number of rotatable bonds is 6. The maximum Gasteiger partial charge on any atom is 0.220 e. The second kappa shape index (κ2) is 8.09. The highest BCUT2D eigenvalue weighted by Gasteiger charge is 1.96. The largest absolute Gasteiger partial charge is 0.355 e. The van der Waals surface area contributed by atoms with Crippen molar-refractivity contribution in [3.63, 3.8) is 0 Å². The second-order valence-corrected chi connectivity index (χ2v) is 2.41. The fourth-order valence-electron chi connectivity index (χ4n) is 0.741. The summed E-state index contributed by atoms with van der Waals surface area (Å²) in [6.07, 6.45) is 5.96. The third kappa shape index (κ3) is 7.10. The quantitative estimate of drug-likeness (QED) is 0.437. The van der Waals surface area contributed by atoms with E-state index >= 15 is 0 Å². The molecule has 3 nitrogen and oxygen atoms in total. The molecule has 0 aliphatic rings. The molecule has 0 saturated carbocycles. The van der Waals surface area contributed by atoms with Gasteiger partial charge in [-0.25, -0.2) is 0 Å². The number of terminal acetylenes is 1. The van der Waals surface area contributed by atoms with Gasteiger partial charge in [0.1, 0.15) is 0 Å². The molecular weight excluding hydrogens is 152 g/mol. The molecule has 0 saturated heterocycles. The van der Waals surface area contributed by atoms with Crippen molar-refractivity contribution in [2.24, 2.45) is 0 Å². The molecule has 12 heavy (non-hydrogen) atoms. The molecule has 0 fully saturated rings. The van der Waals surface area contributed by atoms with E-state index in [-0.39, 0.29) is 5.91 Å². The first kappa shape index (κ1) is 11.0. The van der Waals surface area contributed by atoms with Crippen LogP contribution in [0.15, 0.2) is 0 Å². The fourth-order valence-corrected chi connectivity index (χ4v) is 0.741. The van der Waals surface area contributed by atoms with Crippen molar-refractivity contribution in [2.45, 2.75) is 19.8 Å². The Morgan fingerprint density at radius 2 is 2.25 bits per heavy atom. The van der Waals surface area contributed by atoms with Crippen LogP contribution in [0.2, 0.25) is 0 Å². The number of carbonyl (C=O) groups excluding carboxylic acids is 1. The Labute approximate surface area is 73.9 Å². The maximum absolute atomic E-state index is 10.9. The van der Waals surface area contributed by atoms with Crippen LogP contribution in [0.25, 0.3) is 0 Å². The van der Waals surface area contributed by atoms with Crippen molar-refractivity contribution in [2.75, 3.05) is 19.6 Å². The summed E-state index contributed by atoms with van der Waals surface area (Å²) in [4.78, 5) is 10.9. The Hall–Kier alpha value is -1.01. The zero-order chi connectivity index (χ0) is 9.23. The van der Waals surface area contributed by atoms with E-state index in [9.17, 15) is 4.79 Å². The predicted molar refractivity (Wildman–Crippen MR) is 49.6 cm³/mol. The van der Waals surface area contributed by atoms with Crippen LogP contribution in [0.5, 0.6) is 0 Å². The average molecular weight is 168 g/mol. The Morgan fingerprint density at radius 3 is 2.83 bits per heavy atom. The molecule has 0 atom stereocenters. The van der Waals surface area contributed by atoms with Gasteiger partial charge in [0.05, 0.1) is 0 Å². The lowest BCUT2D eigenvalue weighted by atomic mass is 10.3. The summed E-state index contributed by atoms with van der Waals surface area (Å²) >= 11 is 0. The lowest BCUT2D eigenvalue weighted by Gasteiger charge is -2.03. The van der Waals surface area contributed by atoms with Crippen LogP contribution in [0, 0.1) is 12.3 Å². The monoisotopic (exact) mass is 168 g/mol. The van der Waals surface area contributed by atoms with Crippen LogP contribution in [0.1, 0.15) is 19.8 Å². The van der Waals surface area contributed by atoms with Gasteiger partial charge in [-0.1, -0.05) is 6.92 Å². The molecule has 0 spiro atoms. The molecule has 0 aromatic rings. The molecule has 0 aliphatic carbocycles. The van der Waals surface area contributed by atoms with Gasteiger partial charge in [-0.3, -0.25) is 4.79 Å². The van der Waals surface area contributed by atoms with Gasteiger partial charge in [-0.15, -0.1) is 12.3 Å². The summed E-state index contributed by atoms with van der Waals surface area (Å²) in [5.74, 6) is 2.46. The van der Waals surface area contributed by atoms with E-state index in [1.807, 2.05) is 6.92 Å². The predicted octanol–water partition coefficient (Wildman–Crippen LogP) is 0.125. The van der Waals surface area contributed by atoms with Crippen molar-refractivity contribution in [3.8, 4) is 12.3 Å². The molecule has 0 heterocycles. The van der Waals surface area contributed by atoms with Gasteiger partial charge < -0.3 is 10.6 Å². The summed E-state index contributed by atoms with van der Waals surface area (Å²) in [5, 5.41) is 5.86. The van der Waals surface area contributed by atoms with E-state index in [2.05, 4.69) is 16.6 Å². The molecular formula is C9H16N2O. The van der Waals surface area contributed by atoms with Crippen LogP contribution in [-0.2, 0) is 4.79 Å². The van der Waals surface area contributed by atoms with E-state index in [1.54, 1.807) is 0 Å². The minimum absolute atomic E-state index is 0.0332. The number of carbonyl (C=O) groups is 1. The highest BCUT2D eigenvalue weighted by Crippen LogP contribution is 1.84. The molecule has 2 N–H and O–H groups in total. The Kier molecular flexibility index (Phi) is 7.41. The average Bonchev–Trinajstić information content (AvgIpc) is 2.09. The van der Waals surface area contributed by atoms with E-state index in [0.717, 1.165) is 13.1 Å². The number of hydrogen-bond donors (Lipinski definition) is 2. The number of nitrogens with one attached hydrogen (secondary N) is 2. The normalized spacial score (nSPS) is 9.00. The van der Waals surface area contributed by atoms with E-state index in [4.69, 9.17) is 6.42 Å². The number of likely N-dealkylation sites (N-methyl/N-ethyl adjacent to an activating group) is 1. The van der Waals surface area contributed by atoms with Crippen molar-refractivity contribution in [1.29, 1.82) is 0 Å². The standard InChI is InChI=1S/C9H16N2O/c1-3-5-6-9(12)11-8-7-10-4-2/h1,10H,4-8H2,2H3,(H,11,12). The molecule has 1 amide bonds. The van der Waals surface area contributed by atoms with Gasteiger partial charge in [0, 0.05) is 25.9 Å². The summed E-state index contributed by atoms with van der Waals surface area (Å²) in [6, 6.07) is 0. The molecule has 0 aromatic carbocycles.